The van der Waals surface area contributed by atoms with Crippen LogP contribution >= 0.6 is 23.4 Å². The molecule has 0 aliphatic rings. The summed E-state index contributed by atoms with van der Waals surface area (Å²) in [7, 11) is 1.55. The van der Waals surface area contributed by atoms with Gasteiger partial charge in [0, 0.05) is 24.0 Å². The van der Waals surface area contributed by atoms with Crippen LogP contribution in [0.4, 0.5) is 5.69 Å². The Balaban J connectivity index is 1.61. The molecule has 7 heteroatoms. The second-order valence-electron chi connectivity index (χ2n) is 5.50. The van der Waals surface area contributed by atoms with Gasteiger partial charge in [-0.15, -0.1) is 0 Å². The second kappa shape index (κ2) is 8.78. The molecule has 1 heterocycles. The molecule has 134 valence electrons. The maximum absolute atomic E-state index is 12.3. The number of amides is 1. The highest BCUT2D eigenvalue weighted by atomic mass is 35.5. The van der Waals surface area contributed by atoms with Crippen molar-refractivity contribution in [2.24, 2.45) is 0 Å². The summed E-state index contributed by atoms with van der Waals surface area (Å²) in [5.41, 5.74) is 1.73. The summed E-state index contributed by atoms with van der Waals surface area (Å²) >= 11 is 7.37. The van der Waals surface area contributed by atoms with E-state index < -0.39 is 0 Å². The van der Waals surface area contributed by atoms with E-state index in [1.165, 1.54) is 17.3 Å². The Labute approximate surface area is 161 Å². The molecule has 0 aliphatic carbocycles. The first-order chi connectivity index (χ1) is 12.7. The van der Waals surface area contributed by atoms with Gasteiger partial charge < -0.3 is 14.6 Å². The minimum Gasteiger partial charge on any atom is -0.495 e. The van der Waals surface area contributed by atoms with Crippen molar-refractivity contribution in [3.63, 3.8) is 0 Å². The lowest BCUT2D eigenvalue weighted by Gasteiger charge is -2.11. The van der Waals surface area contributed by atoms with Crippen LogP contribution in [0.2, 0.25) is 5.02 Å². The molecule has 0 saturated carbocycles. The number of nitrogens with zero attached hydrogens (tertiary/aromatic N) is 2. The monoisotopic (exact) mass is 387 g/mol. The van der Waals surface area contributed by atoms with E-state index in [9.17, 15) is 4.79 Å². The number of hydrogen-bond donors (Lipinski definition) is 1. The van der Waals surface area contributed by atoms with Crippen LogP contribution in [0.5, 0.6) is 5.75 Å². The van der Waals surface area contributed by atoms with Crippen LogP contribution < -0.4 is 10.1 Å². The molecular formula is C19H18ClN3O2S. The molecule has 0 spiro atoms. The summed E-state index contributed by atoms with van der Waals surface area (Å²) in [5.74, 6) is 0.657. The average Bonchev–Trinajstić information content (AvgIpc) is 3.08. The van der Waals surface area contributed by atoms with Gasteiger partial charge in [0.2, 0.25) is 5.91 Å². The van der Waals surface area contributed by atoms with Crippen molar-refractivity contribution in [3.8, 4) is 5.75 Å². The van der Waals surface area contributed by atoms with Crippen LogP contribution in [0.1, 0.15) is 5.56 Å². The summed E-state index contributed by atoms with van der Waals surface area (Å²) in [6.07, 6.45) is 3.65. The van der Waals surface area contributed by atoms with Crippen molar-refractivity contribution in [1.82, 2.24) is 9.55 Å². The van der Waals surface area contributed by atoms with Crippen LogP contribution in [-0.4, -0.2) is 28.3 Å². The van der Waals surface area contributed by atoms with Gasteiger partial charge in [0.05, 0.1) is 18.6 Å². The first kappa shape index (κ1) is 18.4. The van der Waals surface area contributed by atoms with E-state index in [2.05, 4.69) is 22.4 Å². The number of nitrogens with one attached hydrogen (secondary N) is 1. The van der Waals surface area contributed by atoms with Crippen molar-refractivity contribution < 1.29 is 9.53 Å². The fraction of sp³-hybridized carbons (Fsp3) is 0.158. The summed E-state index contributed by atoms with van der Waals surface area (Å²) in [6.45, 7) is 0.715. The van der Waals surface area contributed by atoms with Crippen LogP contribution in [0, 0.1) is 0 Å². The van der Waals surface area contributed by atoms with Crippen molar-refractivity contribution in [1.29, 1.82) is 0 Å². The molecule has 3 aromatic rings. The molecule has 26 heavy (non-hydrogen) atoms. The third-order valence-electron chi connectivity index (χ3n) is 3.64. The molecule has 5 nitrogen and oxygen atoms in total. The van der Waals surface area contributed by atoms with E-state index in [0.717, 1.165) is 5.16 Å². The van der Waals surface area contributed by atoms with E-state index >= 15 is 0 Å². The fourth-order valence-electron chi connectivity index (χ4n) is 2.43. The van der Waals surface area contributed by atoms with Crippen LogP contribution in [0.3, 0.4) is 0 Å². The molecule has 0 unspecified atom stereocenters. The number of carbonyl (C=O) groups excluding carboxylic acids is 1. The van der Waals surface area contributed by atoms with Crippen LogP contribution in [0.15, 0.2) is 66.1 Å². The predicted octanol–water partition coefficient (Wildman–Crippen LogP) is 4.32. The van der Waals surface area contributed by atoms with Crippen molar-refractivity contribution in [2.45, 2.75) is 11.7 Å². The molecule has 0 saturated heterocycles. The quantitative estimate of drug-likeness (QED) is 0.613. The summed E-state index contributed by atoms with van der Waals surface area (Å²) < 4.78 is 7.26. The number of aromatic nitrogens is 2. The zero-order valence-electron chi connectivity index (χ0n) is 14.2. The third kappa shape index (κ3) is 4.80. The van der Waals surface area contributed by atoms with E-state index in [1.807, 2.05) is 29.0 Å². The molecule has 0 bridgehead atoms. The molecule has 0 radical (unpaired) electrons. The number of rotatable bonds is 7. The SMILES string of the molecule is COc1ccc(Cl)cc1NC(=O)CSc1nccn1Cc1ccccc1. The first-order valence-electron chi connectivity index (χ1n) is 7.97. The molecule has 0 fully saturated rings. The molecular weight excluding hydrogens is 370 g/mol. The van der Waals surface area contributed by atoms with Gasteiger partial charge >= 0.3 is 0 Å². The highest BCUT2D eigenvalue weighted by molar-refractivity contribution is 7.99. The largest absolute Gasteiger partial charge is 0.495 e. The second-order valence-corrected chi connectivity index (χ2v) is 6.88. The van der Waals surface area contributed by atoms with E-state index in [0.29, 0.717) is 23.0 Å². The Kier molecular flexibility index (Phi) is 6.20. The number of methoxy groups -OCH3 is 1. The Bertz CT molecular complexity index is 884. The van der Waals surface area contributed by atoms with Gasteiger partial charge in [0.15, 0.2) is 5.16 Å². The molecule has 3 rings (SSSR count). The van der Waals surface area contributed by atoms with Gasteiger partial charge in [0.25, 0.3) is 0 Å². The normalized spacial score (nSPS) is 10.5. The minimum atomic E-state index is -0.148. The number of halogens is 1. The standard InChI is InChI=1S/C19H18ClN3O2S/c1-25-17-8-7-15(20)11-16(17)22-18(24)13-26-19-21-9-10-23(19)12-14-5-3-2-4-6-14/h2-11H,12-13H2,1H3,(H,22,24). The lowest BCUT2D eigenvalue weighted by Crippen LogP contribution is -2.15. The number of imidazole rings is 1. The Morgan fingerprint density at radius 2 is 2.08 bits per heavy atom. The lowest BCUT2D eigenvalue weighted by atomic mass is 10.2. The van der Waals surface area contributed by atoms with Crippen molar-refractivity contribution in [2.75, 3.05) is 18.2 Å². The number of carbonyl (C=O) groups is 1. The highest BCUT2D eigenvalue weighted by Gasteiger charge is 2.11. The third-order valence-corrected chi connectivity index (χ3v) is 4.88. The van der Waals surface area contributed by atoms with Gasteiger partial charge in [-0.2, -0.15) is 0 Å². The topological polar surface area (TPSA) is 56.1 Å². The van der Waals surface area contributed by atoms with Gasteiger partial charge in [-0.3, -0.25) is 4.79 Å². The number of benzene rings is 2. The zero-order chi connectivity index (χ0) is 18.4. The summed E-state index contributed by atoms with van der Waals surface area (Å²) in [5, 5.41) is 4.16. The Morgan fingerprint density at radius 1 is 1.27 bits per heavy atom. The number of ether oxygens (including phenoxy) is 1. The summed E-state index contributed by atoms with van der Waals surface area (Å²) in [6, 6.07) is 15.2. The van der Waals surface area contributed by atoms with Crippen LogP contribution in [0.25, 0.3) is 0 Å². The number of anilines is 1. The van der Waals surface area contributed by atoms with E-state index in [-0.39, 0.29) is 11.7 Å². The van der Waals surface area contributed by atoms with Gasteiger partial charge in [-0.1, -0.05) is 53.7 Å². The highest BCUT2D eigenvalue weighted by Crippen LogP contribution is 2.28. The average molecular weight is 388 g/mol. The van der Waals surface area contributed by atoms with Gasteiger partial charge in [-0.25, -0.2) is 4.98 Å². The maximum atomic E-state index is 12.3. The summed E-state index contributed by atoms with van der Waals surface area (Å²) in [4.78, 5) is 16.6. The molecule has 1 N–H and O–H groups in total. The predicted molar refractivity (Wildman–Crippen MR) is 105 cm³/mol. The van der Waals surface area contributed by atoms with Crippen LogP contribution in [-0.2, 0) is 11.3 Å². The number of thioether (sulfide) groups is 1. The van der Waals surface area contributed by atoms with E-state index in [4.69, 9.17) is 16.3 Å². The van der Waals surface area contributed by atoms with Gasteiger partial charge in [-0.05, 0) is 23.8 Å². The molecule has 2 aromatic carbocycles. The van der Waals surface area contributed by atoms with Gasteiger partial charge in [0.1, 0.15) is 5.75 Å². The van der Waals surface area contributed by atoms with E-state index in [1.54, 1.807) is 31.5 Å². The molecule has 1 aromatic heterocycles. The fourth-order valence-corrected chi connectivity index (χ4v) is 3.36. The zero-order valence-corrected chi connectivity index (χ0v) is 15.8. The smallest absolute Gasteiger partial charge is 0.234 e. The van der Waals surface area contributed by atoms with Crippen molar-refractivity contribution >= 4 is 35.0 Å². The Hall–Kier alpha value is -2.44. The molecule has 0 atom stereocenters. The maximum Gasteiger partial charge on any atom is 0.234 e. The molecule has 0 aliphatic heterocycles. The lowest BCUT2D eigenvalue weighted by molar-refractivity contribution is -0.113. The first-order valence-corrected chi connectivity index (χ1v) is 9.33. The molecule has 1 amide bonds. The number of hydrogen-bond acceptors (Lipinski definition) is 4. The Morgan fingerprint density at radius 3 is 2.85 bits per heavy atom. The minimum absolute atomic E-state index is 0.148. The van der Waals surface area contributed by atoms with Crippen molar-refractivity contribution in [3.05, 3.63) is 71.5 Å².